The number of hydrogen-bond donors (Lipinski definition) is 1. The Hall–Kier alpha value is -3.62. The number of nitrogens with zero attached hydrogens (tertiary/aromatic N) is 6. The van der Waals surface area contributed by atoms with Crippen molar-refractivity contribution in [1.29, 1.82) is 0 Å². The van der Waals surface area contributed by atoms with E-state index in [2.05, 4.69) is 25.3 Å². The lowest BCUT2D eigenvalue weighted by atomic mass is 10.2. The highest BCUT2D eigenvalue weighted by molar-refractivity contribution is 5.89. The first-order valence-electron chi connectivity index (χ1n) is 7.55. The maximum atomic E-state index is 10.7. The average molecular weight is 335 g/mol. The lowest BCUT2D eigenvalue weighted by molar-refractivity contribution is -0.384. The predicted molar refractivity (Wildman–Crippen MR) is 89.8 cm³/mol. The van der Waals surface area contributed by atoms with Crippen LogP contribution in [0, 0.1) is 17.0 Å². The molecule has 0 spiro atoms. The number of benzene rings is 1. The lowest BCUT2D eigenvalue weighted by Gasteiger charge is -2.04. The molecule has 0 aliphatic heterocycles. The van der Waals surface area contributed by atoms with Gasteiger partial charge in [-0.15, -0.1) is 5.10 Å². The highest BCUT2D eigenvalue weighted by atomic mass is 16.6. The summed E-state index contributed by atoms with van der Waals surface area (Å²) in [5.41, 5.74) is 3.98. The Morgan fingerprint density at radius 3 is 2.72 bits per heavy atom. The fourth-order valence-electron chi connectivity index (χ4n) is 2.69. The third-order valence-electron chi connectivity index (χ3n) is 4.04. The van der Waals surface area contributed by atoms with E-state index in [1.807, 2.05) is 13.0 Å². The molecule has 0 saturated heterocycles. The molecule has 9 heteroatoms. The van der Waals surface area contributed by atoms with Gasteiger partial charge in [-0.1, -0.05) is 17.3 Å². The molecule has 0 aliphatic rings. The van der Waals surface area contributed by atoms with Crippen molar-refractivity contribution in [3.63, 3.8) is 0 Å². The monoisotopic (exact) mass is 335 g/mol. The van der Waals surface area contributed by atoms with Crippen LogP contribution in [0.15, 0.2) is 42.9 Å². The summed E-state index contributed by atoms with van der Waals surface area (Å²) in [6.07, 6.45) is 3.29. The van der Waals surface area contributed by atoms with Crippen LogP contribution in [0.4, 0.5) is 5.69 Å². The number of rotatable bonds is 4. The van der Waals surface area contributed by atoms with Crippen molar-refractivity contribution in [3.05, 3.63) is 64.2 Å². The number of fused-ring (bicyclic) bond motifs is 1. The van der Waals surface area contributed by atoms with Crippen molar-refractivity contribution in [2.24, 2.45) is 0 Å². The number of nitro benzene ring substituents is 1. The van der Waals surface area contributed by atoms with Crippen molar-refractivity contribution < 1.29 is 4.92 Å². The van der Waals surface area contributed by atoms with E-state index in [1.54, 1.807) is 23.0 Å². The number of nitrogens with one attached hydrogen (secondary N) is 1. The van der Waals surface area contributed by atoms with Crippen LogP contribution in [0.25, 0.3) is 22.4 Å². The van der Waals surface area contributed by atoms with Gasteiger partial charge in [0.1, 0.15) is 23.4 Å². The van der Waals surface area contributed by atoms with E-state index in [-0.39, 0.29) is 5.69 Å². The quantitative estimate of drug-likeness (QED) is 0.452. The number of nitro groups is 1. The maximum Gasteiger partial charge on any atom is 0.269 e. The summed E-state index contributed by atoms with van der Waals surface area (Å²) in [4.78, 5) is 21.9. The summed E-state index contributed by atoms with van der Waals surface area (Å²) >= 11 is 0. The van der Waals surface area contributed by atoms with Gasteiger partial charge in [0.2, 0.25) is 0 Å². The van der Waals surface area contributed by atoms with Crippen LogP contribution in [0.1, 0.15) is 11.3 Å². The minimum absolute atomic E-state index is 0.0654. The van der Waals surface area contributed by atoms with Crippen LogP contribution in [-0.2, 0) is 6.54 Å². The molecular weight excluding hydrogens is 322 g/mol. The zero-order valence-corrected chi connectivity index (χ0v) is 13.2. The van der Waals surface area contributed by atoms with E-state index in [4.69, 9.17) is 0 Å². The SMILES string of the molecule is Cc1c(-c2ncnc3[nH]ccc23)nnn1Cc1ccc([N+](=O)[O-])cc1. The van der Waals surface area contributed by atoms with Crippen molar-refractivity contribution in [2.75, 3.05) is 0 Å². The topological polar surface area (TPSA) is 115 Å². The van der Waals surface area contributed by atoms with Gasteiger partial charge in [-0.25, -0.2) is 14.6 Å². The first-order valence-corrected chi connectivity index (χ1v) is 7.55. The molecule has 0 radical (unpaired) electrons. The maximum absolute atomic E-state index is 10.7. The molecule has 0 unspecified atom stereocenters. The zero-order chi connectivity index (χ0) is 17.4. The van der Waals surface area contributed by atoms with E-state index in [1.165, 1.54) is 18.5 Å². The Morgan fingerprint density at radius 1 is 1.16 bits per heavy atom. The summed E-state index contributed by atoms with van der Waals surface area (Å²) in [5, 5.41) is 20.1. The zero-order valence-electron chi connectivity index (χ0n) is 13.2. The van der Waals surface area contributed by atoms with Crippen LogP contribution in [0.2, 0.25) is 0 Å². The van der Waals surface area contributed by atoms with Gasteiger partial charge in [0.05, 0.1) is 17.2 Å². The number of H-pyrrole nitrogens is 1. The van der Waals surface area contributed by atoms with Crippen molar-refractivity contribution >= 4 is 16.7 Å². The van der Waals surface area contributed by atoms with Crippen LogP contribution in [0.5, 0.6) is 0 Å². The highest BCUT2D eigenvalue weighted by Gasteiger charge is 2.16. The van der Waals surface area contributed by atoms with E-state index < -0.39 is 4.92 Å². The lowest BCUT2D eigenvalue weighted by Crippen LogP contribution is -2.04. The Bertz CT molecular complexity index is 1070. The summed E-state index contributed by atoms with van der Waals surface area (Å²) in [6, 6.07) is 8.30. The normalized spacial score (nSPS) is 11.1. The van der Waals surface area contributed by atoms with E-state index in [9.17, 15) is 10.1 Å². The van der Waals surface area contributed by atoms with Crippen molar-refractivity contribution in [3.8, 4) is 11.4 Å². The van der Waals surface area contributed by atoms with Crippen LogP contribution >= 0.6 is 0 Å². The molecule has 0 bridgehead atoms. The second kappa shape index (κ2) is 5.78. The van der Waals surface area contributed by atoms with Crippen LogP contribution < -0.4 is 0 Å². The predicted octanol–water partition coefficient (Wildman–Crippen LogP) is 2.48. The van der Waals surface area contributed by atoms with Gasteiger partial charge in [-0.05, 0) is 18.6 Å². The number of non-ortho nitro benzene ring substituents is 1. The fourth-order valence-corrected chi connectivity index (χ4v) is 2.69. The molecular formula is C16H13N7O2. The van der Waals surface area contributed by atoms with Gasteiger partial charge in [0.25, 0.3) is 5.69 Å². The van der Waals surface area contributed by atoms with Gasteiger partial charge >= 0.3 is 0 Å². The molecule has 124 valence electrons. The first kappa shape index (κ1) is 14.9. The second-order valence-corrected chi connectivity index (χ2v) is 5.57. The Kier molecular flexibility index (Phi) is 3.46. The summed E-state index contributed by atoms with van der Waals surface area (Å²) in [5.74, 6) is 0. The van der Waals surface area contributed by atoms with Gasteiger partial charge in [-0.2, -0.15) is 0 Å². The first-order chi connectivity index (χ1) is 12.1. The molecule has 0 atom stereocenters. The number of aromatic nitrogens is 6. The van der Waals surface area contributed by atoms with Gasteiger partial charge in [-0.3, -0.25) is 10.1 Å². The van der Waals surface area contributed by atoms with Crippen molar-refractivity contribution in [2.45, 2.75) is 13.5 Å². The highest BCUT2D eigenvalue weighted by Crippen LogP contribution is 2.25. The minimum atomic E-state index is -0.417. The van der Waals surface area contributed by atoms with Gasteiger partial charge in [0, 0.05) is 23.7 Å². The Labute approximate surface area is 141 Å². The molecule has 3 aromatic heterocycles. The molecule has 4 rings (SSSR count). The largest absolute Gasteiger partial charge is 0.346 e. The Balaban J connectivity index is 1.67. The standard InChI is InChI=1S/C16H13N7O2/c1-10-14(15-13-6-7-17-16(13)19-9-18-15)20-21-22(10)8-11-2-4-12(5-3-11)23(24)25/h2-7,9H,8H2,1H3,(H,17,18,19). The Morgan fingerprint density at radius 2 is 1.96 bits per heavy atom. The number of aromatic amines is 1. The van der Waals surface area contributed by atoms with Gasteiger partial charge in [0.15, 0.2) is 0 Å². The molecule has 9 nitrogen and oxygen atoms in total. The smallest absolute Gasteiger partial charge is 0.269 e. The third-order valence-corrected chi connectivity index (χ3v) is 4.04. The van der Waals surface area contributed by atoms with Crippen molar-refractivity contribution in [1.82, 2.24) is 29.9 Å². The van der Waals surface area contributed by atoms with E-state index in [0.717, 1.165) is 28.0 Å². The molecule has 25 heavy (non-hydrogen) atoms. The van der Waals surface area contributed by atoms with Crippen LogP contribution in [-0.4, -0.2) is 34.9 Å². The minimum Gasteiger partial charge on any atom is -0.346 e. The van der Waals surface area contributed by atoms with Crippen LogP contribution in [0.3, 0.4) is 0 Å². The third kappa shape index (κ3) is 2.61. The molecule has 3 heterocycles. The number of hydrogen-bond acceptors (Lipinski definition) is 6. The van der Waals surface area contributed by atoms with E-state index in [0.29, 0.717) is 12.2 Å². The summed E-state index contributed by atoms with van der Waals surface area (Å²) in [6.45, 7) is 2.39. The summed E-state index contributed by atoms with van der Waals surface area (Å²) < 4.78 is 1.75. The molecule has 0 amide bonds. The average Bonchev–Trinajstić information content (AvgIpc) is 3.23. The molecule has 0 saturated carbocycles. The second-order valence-electron chi connectivity index (χ2n) is 5.57. The molecule has 1 N–H and O–H groups in total. The summed E-state index contributed by atoms with van der Waals surface area (Å²) in [7, 11) is 0. The fraction of sp³-hybridized carbons (Fsp3) is 0.125. The molecule has 0 aliphatic carbocycles. The molecule has 0 fully saturated rings. The van der Waals surface area contributed by atoms with E-state index >= 15 is 0 Å². The van der Waals surface area contributed by atoms with Gasteiger partial charge < -0.3 is 4.98 Å². The molecule has 4 aromatic rings. The molecule has 1 aromatic carbocycles.